The van der Waals surface area contributed by atoms with Gasteiger partial charge in [0.1, 0.15) is 0 Å². The molecule has 2 nitrogen and oxygen atoms in total. The van der Waals surface area contributed by atoms with Crippen LogP contribution >= 0.6 is 23.2 Å². The van der Waals surface area contributed by atoms with Gasteiger partial charge in [0.25, 0.3) is 0 Å². The molecule has 2 aromatic rings. The van der Waals surface area contributed by atoms with Crippen LogP contribution in [-0.4, -0.2) is 5.91 Å². The number of benzene rings is 2. The summed E-state index contributed by atoms with van der Waals surface area (Å²) in [7, 11) is 0. The lowest BCUT2D eigenvalue weighted by Gasteiger charge is -2.08. The SMILES string of the molecule is CC(=O)Nc1cccc2c(Cl)c(Cl)ccc12. The van der Waals surface area contributed by atoms with Crippen LogP contribution in [0.15, 0.2) is 30.3 Å². The molecule has 2 aromatic carbocycles. The third-order valence-corrected chi connectivity index (χ3v) is 3.08. The van der Waals surface area contributed by atoms with Crippen molar-refractivity contribution in [2.45, 2.75) is 6.92 Å². The molecule has 0 aliphatic heterocycles. The number of fused-ring (bicyclic) bond motifs is 1. The molecule has 0 saturated carbocycles. The average molecular weight is 254 g/mol. The number of halogens is 2. The molecule has 0 bridgehead atoms. The van der Waals surface area contributed by atoms with Gasteiger partial charge in [-0.1, -0.05) is 41.4 Å². The highest BCUT2D eigenvalue weighted by Gasteiger charge is 2.07. The fraction of sp³-hybridized carbons (Fsp3) is 0.0833. The van der Waals surface area contributed by atoms with Crippen molar-refractivity contribution < 1.29 is 4.79 Å². The minimum atomic E-state index is -0.112. The summed E-state index contributed by atoms with van der Waals surface area (Å²) in [6.07, 6.45) is 0. The van der Waals surface area contributed by atoms with Gasteiger partial charge in [0.15, 0.2) is 0 Å². The summed E-state index contributed by atoms with van der Waals surface area (Å²) in [5, 5.41) is 5.48. The number of amides is 1. The molecule has 2 rings (SSSR count). The first kappa shape index (κ1) is 11.2. The van der Waals surface area contributed by atoms with Crippen LogP contribution in [0.25, 0.3) is 10.8 Å². The van der Waals surface area contributed by atoms with E-state index in [1.54, 1.807) is 6.07 Å². The van der Waals surface area contributed by atoms with Crippen LogP contribution in [0.2, 0.25) is 10.0 Å². The zero-order valence-corrected chi connectivity index (χ0v) is 10.1. The molecule has 16 heavy (non-hydrogen) atoms. The Morgan fingerprint density at radius 2 is 1.88 bits per heavy atom. The Labute approximate surface area is 103 Å². The van der Waals surface area contributed by atoms with E-state index in [1.165, 1.54) is 6.92 Å². The summed E-state index contributed by atoms with van der Waals surface area (Å²) < 4.78 is 0. The van der Waals surface area contributed by atoms with Gasteiger partial charge in [-0.3, -0.25) is 4.79 Å². The van der Waals surface area contributed by atoms with Crippen molar-refractivity contribution in [3.8, 4) is 0 Å². The van der Waals surface area contributed by atoms with Gasteiger partial charge in [-0.15, -0.1) is 0 Å². The lowest BCUT2D eigenvalue weighted by Crippen LogP contribution is -2.05. The van der Waals surface area contributed by atoms with Crippen molar-refractivity contribution in [1.29, 1.82) is 0 Å². The Balaban J connectivity index is 2.69. The molecule has 1 N–H and O–H groups in total. The molecule has 0 aliphatic carbocycles. The van der Waals surface area contributed by atoms with Crippen LogP contribution in [0, 0.1) is 0 Å². The van der Waals surface area contributed by atoms with Crippen LogP contribution < -0.4 is 5.32 Å². The van der Waals surface area contributed by atoms with E-state index in [2.05, 4.69) is 5.32 Å². The number of nitrogens with one attached hydrogen (secondary N) is 1. The van der Waals surface area contributed by atoms with Crippen molar-refractivity contribution in [2.75, 3.05) is 5.32 Å². The molecule has 82 valence electrons. The molecular weight excluding hydrogens is 245 g/mol. The zero-order valence-electron chi connectivity index (χ0n) is 8.55. The van der Waals surface area contributed by atoms with Crippen molar-refractivity contribution in [1.82, 2.24) is 0 Å². The second-order valence-electron chi connectivity index (χ2n) is 3.44. The second kappa shape index (κ2) is 4.32. The van der Waals surface area contributed by atoms with Gasteiger partial charge in [-0.05, 0) is 12.1 Å². The van der Waals surface area contributed by atoms with E-state index in [1.807, 2.05) is 24.3 Å². The summed E-state index contributed by atoms with van der Waals surface area (Å²) in [5.74, 6) is -0.112. The zero-order chi connectivity index (χ0) is 11.7. The molecule has 0 atom stereocenters. The Hall–Kier alpha value is -1.25. The first-order valence-electron chi connectivity index (χ1n) is 4.74. The maximum absolute atomic E-state index is 11.0. The third kappa shape index (κ3) is 1.99. The number of rotatable bonds is 1. The molecule has 0 radical (unpaired) electrons. The summed E-state index contributed by atoms with van der Waals surface area (Å²) in [6, 6.07) is 9.09. The molecule has 0 saturated heterocycles. The van der Waals surface area contributed by atoms with E-state index in [9.17, 15) is 4.79 Å². The minimum Gasteiger partial charge on any atom is -0.326 e. The number of hydrogen-bond acceptors (Lipinski definition) is 1. The van der Waals surface area contributed by atoms with E-state index in [0.717, 1.165) is 16.5 Å². The van der Waals surface area contributed by atoms with Crippen LogP contribution in [0.3, 0.4) is 0 Å². The number of carbonyl (C=O) groups excluding carboxylic acids is 1. The molecule has 0 aliphatic rings. The Morgan fingerprint density at radius 1 is 1.12 bits per heavy atom. The van der Waals surface area contributed by atoms with Gasteiger partial charge >= 0.3 is 0 Å². The summed E-state index contributed by atoms with van der Waals surface area (Å²) >= 11 is 12.0. The van der Waals surface area contributed by atoms with Gasteiger partial charge in [-0.2, -0.15) is 0 Å². The summed E-state index contributed by atoms with van der Waals surface area (Å²) in [6.45, 7) is 1.47. The van der Waals surface area contributed by atoms with E-state index in [-0.39, 0.29) is 5.91 Å². The lowest BCUT2D eigenvalue weighted by atomic mass is 10.1. The van der Waals surface area contributed by atoms with Crippen molar-refractivity contribution >= 4 is 45.6 Å². The number of anilines is 1. The highest BCUT2D eigenvalue weighted by Crippen LogP contribution is 2.34. The fourth-order valence-corrected chi connectivity index (χ4v) is 1.99. The predicted octanol–water partition coefficient (Wildman–Crippen LogP) is 4.11. The predicted molar refractivity (Wildman–Crippen MR) is 68.3 cm³/mol. The minimum absolute atomic E-state index is 0.112. The van der Waals surface area contributed by atoms with Crippen LogP contribution in [0.1, 0.15) is 6.92 Å². The Kier molecular flexibility index (Phi) is 3.03. The molecule has 0 spiro atoms. The van der Waals surface area contributed by atoms with Crippen molar-refractivity contribution in [3.05, 3.63) is 40.4 Å². The average Bonchev–Trinajstić information content (AvgIpc) is 2.23. The lowest BCUT2D eigenvalue weighted by molar-refractivity contribution is -0.114. The Morgan fingerprint density at radius 3 is 2.56 bits per heavy atom. The molecule has 0 unspecified atom stereocenters. The van der Waals surface area contributed by atoms with Crippen LogP contribution in [0.4, 0.5) is 5.69 Å². The van der Waals surface area contributed by atoms with Gasteiger partial charge in [0.2, 0.25) is 5.91 Å². The van der Waals surface area contributed by atoms with E-state index < -0.39 is 0 Å². The van der Waals surface area contributed by atoms with Gasteiger partial charge in [0.05, 0.1) is 10.0 Å². The maximum atomic E-state index is 11.0. The number of hydrogen-bond donors (Lipinski definition) is 1. The normalized spacial score (nSPS) is 10.4. The second-order valence-corrected chi connectivity index (χ2v) is 4.23. The molecule has 0 aromatic heterocycles. The first-order chi connectivity index (χ1) is 7.59. The van der Waals surface area contributed by atoms with E-state index in [0.29, 0.717) is 10.0 Å². The topological polar surface area (TPSA) is 29.1 Å². The van der Waals surface area contributed by atoms with Crippen molar-refractivity contribution in [3.63, 3.8) is 0 Å². The third-order valence-electron chi connectivity index (χ3n) is 2.26. The molecular formula is C12H9Cl2NO. The first-order valence-corrected chi connectivity index (χ1v) is 5.49. The van der Waals surface area contributed by atoms with Crippen LogP contribution in [0.5, 0.6) is 0 Å². The quantitative estimate of drug-likeness (QED) is 0.815. The van der Waals surface area contributed by atoms with Crippen molar-refractivity contribution in [2.24, 2.45) is 0 Å². The van der Waals surface area contributed by atoms with Gasteiger partial charge in [-0.25, -0.2) is 0 Å². The molecule has 0 heterocycles. The molecule has 0 fully saturated rings. The Bertz CT molecular complexity index is 566. The largest absolute Gasteiger partial charge is 0.326 e. The monoisotopic (exact) mass is 253 g/mol. The van der Waals surface area contributed by atoms with Gasteiger partial charge in [0, 0.05) is 23.4 Å². The smallest absolute Gasteiger partial charge is 0.221 e. The fourth-order valence-electron chi connectivity index (χ4n) is 1.59. The molecule has 4 heteroatoms. The van der Waals surface area contributed by atoms with E-state index in [4.69, 9.17) is 23.2 Å². The highest BCUT2D eigenvalue weighted by molar-refractivity contribution is 6.45. The van der Waals surface area contributed by atoms with E-state index >= 15 is 0 Å². The summed E-state index contributed by atoms with van der Waals surface area (Å²) in [4.78, 5) is 11.0. The maximum Gasteiger partial charge on any atom is 0.221 e. The highest BCUT2D eigenvalue weighted by atomic mass is 35.5. The molecule has 1 amide bonds. The van der Waals surface area contributed by atoms with Gasteiger partial charge < -0.3 is 5.32 Å². The summed E-state index contributed by atoms with van der Waals surface area (Å²) in [5.41, 5.74) is 0.739. The number of carbonyl (C=O) groups is 1. The standard InChI is InChI=1S/C12H9Cl2NO/c1-7(16)15-11-4-2-3-9-8(11)5-6-10(13)12(9)14/h2-6H,1H3,(H,15,16). The van der Waals surface area contributed by atoms with Crippen LogP contribution in [-0.2, 0) is 4.79 Å².